The lowest BCUT2D eigenvalue weighted by Gasteiger charge is -2.32. The zero-order valence-corrected chi connectivity index (χ0v) is 16.6. The summed E-state index contributed by atoms with van der Waals surface area (Å²) in [7, 11) is 0. The molecule has 0 radical (unpaired) electrons. The van der Waals surface area contributed by atoms with Gasteiger partial charge >= 0.3 is 0 Å². The number of para-hydroxylation sites is 1. The molecule has 1 heterocycles. The SMILES string of the molecule is O=C(CCCc1nc2ccccc2c(=O)[nH]1)N(Cc1ccccc1)CC1CCC1. The van der Waals surface area contributed by atoms with E-state index in [-0.39, 0.29) is 11.5 Å². The second-order valence-electron chi connectivity index (χ2n) is 7.94. The van der Waals surface area contributed by atoms with Crippen LogP contribution in [0.15, 0.2) is 59.4 Å². The molecule has 29 heavy (non-hydrogen) atoms. The Bertz CT molecular complexity index is 1020. The first kappa shape index (κ1) is 19.4. The molecule has 1 aliphatic carbocycles. The van der Waals surface area contributed by atoms with E-state index >= 15 is 0 Å². The Morgan fingerprint density at radius 2 is 1.83 bits per heavy atom. The Morgan fingerprint density at radius 3 is 2.59 bits per heavy atom. The Balaban J connectivity index is 1.37. The maximum Gasteiger partial charge on any atom is 0.258 e. The van der Waals surface area contributed by atoms with Crippen LogP contribution in [0.3, 0.4) is 0 Å². The molecule has 1 N–H and O–H groups in total. The van der Waals surface area contributed by atoms with Crippen LogP contribution in [0.4, 0.5) is 0 Å². The van der Waals surface area contributed by atoms with Crippen LogP contribution in [0.1, 0.15) is 43.5 Å². The third kappa shape index (κ3) is 4.91. The van der Waals surface area contributed by atoms with Crippen LogP contribution in [0.2, 0.25) is 0 Å². The smallest absolute Gasteiger partial charge is 0.258 e. The number of rotatable bonds is 8. The summed E-state index contributed by atoms with van der Waals surface area (Å²) >= 11 is 0. The molecule has 1 fully saturated rings. The average Bonchev–Trinajstić information content (AvgIpc) is 2.70. The summed E-state index contributed by atoms with van der Waals surface area (Å²) in [5.41, 5.74) is 1.75. The van der Waals surface area contributed by atoms with Gasteiger partial charge in [0.2, 0.25) is 5.91 Å². The van der Waals surface area contributed by atoms with Gasteiger partial charge in [-0.3, -0.25) is 9.59 Å². The minimum atomic E-state index is -0.118. The summed E-state index contributed by atoms with van der Waals surface area (Å²) in [6.07, 6.45) is 5.46. The van der Waals surface area contributed by atoms with E-state index in [0.717, 1.165) is 6.54 Å². The zero-order valence-electron chi connectivity index (χ0n) is 16.6. The number of benzene rings is 2. The number of aromatic nitrogens is 2. The molecule has 4 rings (SSSR count). The van der Waals surface area contributed by atoms with Gasteiger partial charge in [-0.05, 0) is 42.9 Å². The highest BCUT2D eigenvalue weighted by Gasteiger charge is 2.23. The highest BCUT2D eigenvalue weighted by Crippen LogP contribution is 2.28. The predicted octanol–water partition coefficient (Wildman–Crippen LogP) is 4.07. The summed E-state index contributed by atoms with van der Waals surface area (Å²) in [6, 6.07) is 17.5. The van der Waals surface area contributed by atoms with Gasteiger partial charge in [0, 0.05) is 25.9 Å². The number of nitrogens with zero attached hydrogens (tertiary/aromatic N) is 2. The Hall–Kier alpha value is -2.95. The number of H-pyrrole nitrogens is 1. The number of aryl methyl sites for hydroxylation is 1. The number of aromatic amines is 1. The van der Waals surface area contributed by atoms with Gasteiger partial charge in [0.05, 0.1) is 10.9 Å². The van der Waals surface area contributed by atoms with Crippen molar-refractivity contribution < 1.29 is 4.79 Å². The summed E-state index contributed by atoms with van der Waals surface area (Å²) in [5.74, 6) is 1.47. The fourth-order valence-electron chi connectivity index (χ4n) is 3.86. The Kier molecular flexibility index (Phi) is 6.03. The van der Waals surface area contributed by atoms with Crippen molar-refractivity contribution in [2.45, 2.75) is 45.1 Å². The fraction of sp³-hybridized carbons (Fsp3) is 0.375. The van der Waals surface area contributed by atoms with Gasteiger partial charge in [0.15, 0.2) is 0 Å². The first-order valence-corrected chi connectivity index (χ1v) is 10.5. The van der Waals surface area contributed by atoms with Crippen molar-refractivity contribution in [2.75, 3.05) is 6.54 Å². The van der Waals surface area contributed by atoms with E-state index in [9.17, 15) is 9.59 Å². The number of carbonyl (C=O) groups excluding carboxylic acids is 1. The largest absolute Gasteiger partial charge is 0.338 e. The number of amides is 1. The monoisotopic (exact) mass is 389 g/mol. The highest BCUT2D eigenvalue weighted by molar-refractivity contribution is 5.77. The maximum absolute atomic E-state index is 12.9. The van der Waals surface area contributed by atoms with Gasteiger partial charge in [-0.1, -0.05) is 48.9 Å². The lowest BCUT2D eigenvalue weighted by molar-refractivity contribution is -0.133. The lowest BCUT2D eigenvalue weighted by Crippen LogP contribution is -2.37. The van der Waals surface area contributed by atoms with Gasteiger partial charge in [0.25, 0.3) is 5.56 Å². The van der Waals surface area contributed by atoms with Crippen molar-refractivity contribution in [1.29, 1.82) is 0 Å². The summed E-state index contributed by atoms with van der Waals surface area (Å²) in [4.78, 5) is 34.5. The van der Waals surface area contributed by atoms with Gasteiger partial charge in [-0.15, -0.1) is 0 Å². The molecule has 1 aromatic heterocycles. The minimum absolute atomic E-state index is 0.118. The number of nitrogens with one attached hydrogen (secondary N) is 1. The molecular formula is C24H27N3O2. The Labute approximate surface area is 170 Å². The molecule has 1 aliphatic rings. The minimum Gasteiger partial charge on any atom is -0.338 e. The van der Waals surface area contributed by atoms with E-state index in [1.165, 1.54) is 24.8 Å². The van der Waals surface area contributed by atoms with E-state index < -0.39 is 0 Å². The Morgan fingerprint density at radius 1 is 1.07 bits per heavy atom. The second kappa shape index (κ2) is 9.03. The number of hydrogen-bond donors (Lipinski definition) is 1. The predicted molar refractivity (Wildman–Crippen MR) is 115 cm³/mol. The molecule has 5 heteroatoms. The number of hydrogen-bond acceptors (Lipinski definition) is 3. The summed E-state index contributed by atoms with van der Waals surface area (Å²) < 4.78 is 0. The van der Waals surface area contributed by atoms with Crippen molar-refractivity contribution in [1.82, 2.24) is 14.9 Å². The molecule has 0 bridgehead atoms. The molecule has 1 amide bonds. The van der Waals surface area contributed by atoms with Crippen molar-refractivity contribution >= 4 is 16.8 Å². The molecule has 0 unspecified atom stereocenters. The number of carbonyl (C=O) groups is 1. The van der Waals surface area contributed by atoms with Crippen LogP contribution in [-0.2, 0) is 17.8 Å². The molecule has 0 spiro atoms. The molecule has 5 nitrogen and oxygen atoms in total. The third-order valence-electron chi connectivity index (χ3n) is 5.74. The molecule has 0 atom stereocenters. The summed E-state index contributed by atoms with van der Waals surface area (Å²) in [5, 5.41) is 0.599. The van der Waals surface area contributed by atoms with E-state index in [2.05, 4.69) is 22.1 Å². The second-order valence-corrected chi connectivity index (χ2v) is 7.94. The van der Waals surface area contributed by atoms with Crippen LogP contribution in [-0.4, -0.2) is 27.3 Å². The molecule has 2 aromatic carbocycles. The number of fused-ring (bicyclic) bond motifs is 1. The van der Waals surface area contributed by atoms with Gasteiger partial charge in [0.1, 0.15) is 5.82 Å². The van der Waals surface area contributed by atoms with E-state index in [4.69, 9.17) is 0 Å². The van der Waals surface area contributed by atoms with Crippen LogP contribution < -0.4 is 5.56 Å². The third-order valence-corrected chi connectivity index (χ3v) is 5.74. The van der Waals surface area contributed by atoms with Gasteiger partial charge in [-0.2, -0.15) is 0 Å². The van der Waals surface area contributed by atoms with Crippen molar-refractivity contribution in [2.24, 2.45) is 5.92 Å². The fourth-order valence-corrected chi connectivity index (χ4v) is 3.86. The lowest BCUT2D eigenvalue weighted by atomic mass is 9.85. The van der Waals surface area contributed by atoms with Crippen molar-refractivity contribution in [3.63, 3.8) is 0 Å². The first-order valence-electron chi connectivity index (χ1n) is 10.5. The molecular weight excluding hydrogens is 362 g/mol. The van der Waals surface area contributed by atoms with Crippen LogP contribution in [0.25, 0.3) is 10.9 Å². The normalized spacial score (nSPS) is 13.9. The summed E-state index contributed by atoms with van der Waals surface area (Å²) in [6.45, 7) is 1.51. The zero-order chi connectivity index (χ0) is 20.1. The maximum atomic E-state index is 12.9. The van der Waals surface area contributed by atoms with Crippen LogP contribution in [0.5, 0.6) is 0 Å². The molecule has 0 saturated heterocycles. The van der Waals surface area contributed by atoms with E-state index in [1.54, 1.807) is 6.07 Å². The molecule has 3 aromatic rings. The van der Waals surface area contributed by atoms with E-state index in [0.29, 0.717) is 48.5 Å². The van der Waals surface area contributed by atoms with Crippen LogP contribution >= 0.6 is 0 Å². The van der Waals surface area contributed by atoms with E-state index in [1.807, 2.05) is 41.3 Å². The van der Waals surface area contributed by atoms with Crippen molar-refractivity contribution in [3.8, 4) is 0 Å². The molecule has 0 aliphatic heterocycles. The first-order chi connectivity index (χ1) is 14.2. The molecule has 150 valence electrons. The quantitative estimate of drug-likeness (QED) is 0.631. The van der Waals surface area contributed by atoms with Crippen molar-refractivity contribution in [3.05, 3.63) is 76.3 Å². The standard InChI is InChI=1S/C24H27N3O2/c28-23(27(17-19-10-6-11-19)16-18-8-2-1-3-9-18)15-7-14-22-25-21-13-5-4-12-20(21)24(29)26-22/h1-5,8-9,12-13,19H,6-7,10-11,14-17H2,(H,25,26,29). The average molecular weight is 389 g/mol. The van der Waals surface area contributed by atoms with Gasteiger partial charge < -0.3 is 9.88 Å². The van der Waals surface area contributed by atoms with Gasteiger partial charge in [-0.25, -0.2) is 4.98 Å². The van der Waals surface area contributed by atoms with Crippen LogP contribution in [0, 0.1) is 5.92 Å². The highest BCUT2D eigenvalue weighted by atomic mass is 16.2. The topological polar surface area (TPSA) is 66.1 Å². The molecule has 1 saturated carbocycles.